The number of fused-ring (bicyclic) bond motifs is 1. The second-order valence-corrected chi connectivity index (χ2v) is 6.26. The maximum absolute atomic E-state index is 12.1. The van der Waals surface area contributed by atoms with E-state index in [1.165, 1.54) is 6.42 Å². The van der Waals surface area contributed by atoms with E-state index < -0.39 is 0 Å². The molecule has 6 heteroatoms. The fourth-order valence-electron chi connectivity index (χ4n) is 3.35. The highest BCUT2D eigenvalue weighted by Crippen LogP contribution is 2.15. The number of carbonyl (C=O) groups excluding carboxylic acids is 1. The first-order valence-corrected chi connectivity index (χ1v) is 8.66. The number of benzene rings is 1. The molecule has 128 valence electrons. The number of hydrogen-bond donors (Lipinski definition) is 2. The van der Waals surface area contributed by atoms with Crippen molar-refractivity contribution in [1.29, 1.82) is 0 Å². The zero-order valence-corrected chi connectivity index (χ0v) is 14.0. The Morgan fingerprint density at radius 3 is 3.08 bits per heavy atom. The number of nitrogens with zero attached hydrogens (tertiary/aromatic N) is 2. The van der Waals surface area contributed by atoms with Crippen LogP contribution in [0.3, 0.4) is 0 Å². The Bertz CT molecular complexity index is 771. The third-order valence-electron chi connectivity index (χ3n) is 4.69. The number of likely N-dealkylation sites (tertiary alicyclic amines) is 1. The number of nitrogens with one attached hydrogen (secondary N) is 2. The summed E-state index contributed by atoms with van der Waals surface area (Å²) in [5.74, 6) is 0.568. The molecule has 2 aromatic rings. The van der Waals surface area contributed by atoms with Gasteiger partial charge in [-0.2, -0.15) is 0 Å². The number of rotatable bonds is 6. The first kappa shape index (κ1) is 16.6. The lowest BCUT2D eigenvalue weighted by atomic mass is 10.2. The highest BCUT2D eigenvalue weighted by molar-refractivity contribution is 5.78. The maximum Gasteiger partial charge on any atom is 0.258 e. The van der Waals surface area contributed by atoms with E-state index in [4.69, 9.17) is 0 Å². The molecule has 0 unspecified atom stereocenters. The number of aryl methyl sites for hydroxylation is 1. The number of aromatic nitrogens is 2. The molecule has 0 aliphatic carbocycles. The van der Waals surface area contributed by atoms with Crippen LogP contribution < -0.4 is 10.9 Å². The Hall–Kier alpha value is -2.21. The second kappa shape index (κ2) is 7.57. The minimum atomic E-state index is -0.152. The first-order chi connectivity index (χ1) is 11.7. The minimum Gasteiger partial charge on any atom is -0.355 e. The summed E-state index contributed by atoms with van der Waals surface area (Å²) in [6.07, 6.45) is 3.12. The summed E-state index contributed by atoms with van der Waals surface area (Å²) in [5.41, 5.74) is 0.516. The van der Waals surface area contributed by atoms with E-state index in [0.717, 1.165) is 19.5 Å². The Morgan fingerprint density at radius 2 is 2.25 bits per heavy atom. The Morgan fingerprint density at radius 1 is 1.42 bits per heavy atom. The van der Waals surface area contributed by atoms with Gasteiger partial charge in [-0.25, -0.2) is 4.98 Å². The molecule has 0 bridgehead atoms. The fraction of sp³-hybridized carbons (Fsp3) is 0.500. The van der Waals surface area contributed by atoms with Crippen molar-refractivity contribution in [2.45, 2.75) is 38.6 Å². The highest BCUT2D eigenvalue weighted by atomic mass is 16.1. The van der Waals surface area contributed by atoms with Crippen molar-refractivity contribution in [3.8, 4) is 0 Å². The van der Waals surface area contributed by atoms with Crippen LogP contribution in [0.2, 0.25) is 0 Å². The van der Waals surface area contributed by atoms with Gasteiger partial charge >= 0.3 is 0 Å². The Kier molecular flexibility index (Phi) is 5.25. The zero-order valence-electron chi connectivity index (χ0n) is 14.0. The SMILES string of the molecule is CCN1CCC[C@@H]1CNC(=O)CCc1nc2ccccc2c(=O)[nH]1. The predicted octanol–water partition coefficient (Wildman–Crippen LogP) is 1.46. The highest BCUT2D eigenvalue weighted by Gasteiger charge is 2.23. The van der Waals surface area contributed by atoms with Crippen molar-refractivity contribution >= 4 is 16.8 Å². The van der Waals surface area contributed by atoms with Crippen LogP contribution in [0.4, 0.5) is 0 Å². The lowest BCUT2D eigenvalue weighted by Gasteiger charge is -2.22. The smallest absolute Gasteiger partial charge is 0.258 e. The minimum absolute atomic E-state index is 0.00811. The molecular formula is C18H24N4O2. The second-order valence-electron chi connectivity index (χ2n) is 6.26. The molecule has 0 radical (unpaired) electrons. The van der Waals surface area contributed by atoms with Crippen molar-refractivity contribution in [2.75, 3.05) is 19.6 Å². The van der Waals surface area contributed by atoms with Gasteiger partial charge in [-0.15, -0.1) is 0 Å². The standard InChI is InChI=1S/C18H24N4O2/c1-2-22-11-5-6-13(22)12-19-17(23)10-9-16-20-15-8-4-3-7-14(15)18(24)21-16/h3-4,7-8,13H,2,5-6,9-12H2,1H3,(H,19,23)(H,20,21,24)/t13-/m1/s1. The van der Waals surface area contributed by atoms with Crippen molar-refractivity contribution in [2.24, 2.45) is 0 Å². The number of carbonyl (C=O) groups is 1. The van der Waals surface area contributed by atoms with Crippen molar-refractivity contribution in [3.05, 3.63) is 40.4 Å². The molecule has 1 aliphatic rings. The van der Waals surface area contributed by atoms with Crippen LogP contribution in [-0.4, -0.2) is 46.5 Å². The normalized spacial score (nSPS) is 18.1. The number of amides is 1. The summed E-state index contributed by atoms with van der Waals surface area (Å²) >= 11 is 0. The third kappa shape index (κ3) is 3.82. The van der Waals surface area contributed by atoms with Gasteiger partial charge in [0, 0.05) is 25.4 Å². The van der Waals surface area contributed by atoms with Gasteiger partial charge in [-0.3, -0.25) is 14.5 Å². The first-order valence-electron chi connectivity index (χ1n) is 8.66. The third-order valence-corrected chi connectivity index (χ3v) is 4.69. The van der Waals surface area contributed by atoms with E-state index in [0.29, 0.717) is 42.2 Å². The van der Waals surface area contributed by atoms with Gasteiger partial charge < -0.3 is 10.3 Å². The van der Waals surface area contributed by atoms with Gasteiger partial charge in [0.15, 0.2) is 0 Å². The van der Waals surface area contributed by atoms with Crippen LogP contribution in [-0.2, 0) is 11.2 Å². The molecule has 3 rings (SSSR count). The monoisotopic (exact) mass is 328 g/mol. The van der Waals surface area contributed by atoms with Gasteiger partial charge in [0.05, 0.1) is 10.9 Å². The summed E-state index contributed by atoms with van der Waals surface area (Å²) in [6, 6.07) is 7.69. The van der Waals surface area contributed by atoms with E-state index >= 15 is 0 Å². The van der Waals surface area contributed by atoms with Gasteiger partial charge in [-0.05, 0) is 38.1 Å². The molecule has 1 aromatic heterocycles. The Balaban J connectivity index is 1.54. The van der Waals surface area contributed by atoms with E-state index in [-0.39, 0.29) is 11.5 Å². The van der Waals surface area contributed by atoms with Crippen LogP contribution in [0.1, 0.15) is 32.0 Å². The zero-order chi connectivity index (χ0) is 16.9. The molecule has 1 aliphatic heterocycles. The molecule has 2 N–H and O–H groups in total. The summed E-state index contributed by atoms with van der Waals surface area (Å²) in [7, 11) is 0. The van der Waals surface area contributed by atoms with Crippen LogP contribution in [0.25, 0.3) is 10.9 Å². The number of likely N-dealkylation sites (N-methyl/N-ethyl adjacent to an activating group) is 1. The fourth-order valence-corrected chi connectivity index (χ4v) is 3.35. The molecule has 1 fully saturated rings. The lowest BCUT2D eigenvalue weighted by Crippen LogP contribution is -2.40. The number of para-hydroxylation sites is 1. The molecule has 2 heterocycles. The van der Waals surface area contributed by atoms with E-state index in [1.54, 1.807) is 6.07 Å². The van der Waals surface area contributed by atoms with Crippen molar-refractivity contribution in [3.63, 3.8) is 0 Å². The maximum atomic E-state index is 12.1. The average Bonchev–Trinajstić information content (AvgIpc) is 3.06. The van der Waals surface area contributed by atoms with Crippen molar-refractivity contribution < 1.29 is 4.79 Å². The van der Waals surface area contributed by atoms with Gasteiger partial charge in [0.1, 0.15) is 5.82 Å². The summed E-state index contributed by atoms with van der Waals surface area (Å²) in [6.45, 7) is 5.01. The molecule has 0 spiro atoms. The van der Waals surface area contributed by atoms with E-state index in [2.05, 4.69) is 27.1 Å². The molecule has 1 saturated heterocycles. The molecule has 6 nitrogen and oxygen atoms in total. The average molecular weight is 328 g/mol. The van der Waals surface area contributed by atoms with Crippen LogP contribution in [0.15, 0.2) is 29.1 Å². The summed E-state index contributed by atoms with van der Waals surface area (Å²) < 4.78 is 0. The molecule has 1 aromatic carbocycles. The summed E-state index contributed by atoms with van der Waals surface area (Å²) in [4.78, 5) is 33.7. The molecule has 0 saturated carbocycles. The van der Waals surface area contributed by atoms with Gasteiger partial charge in [0.25, 0.3) is 5.56 Å². The van der Waals surface area contributed by atoms with Gasteiger partial charge in [-0.1, -0.05) is 19.1 Å². The molecule has 24 heavy (non-hydrogen) atoms. The van der Waals surface area contributed by atoms with Crippen LogP contribution in [0.5, 0.6) is 0 Å². The van der Waals surface area contributed by atoms with Crippen LogP contribution >= 0.6 is 0 Å². The predicted molar refractivity (Wildman–Crippen MR) is 94.0 cm³/mol. The van der Waals surface area contributed by atoms with E-state index in [9.17, 15) is 9.59 Å². The summed E-state index contributed by atoms with van der Waals surface area (Å²) in [5, 5.41) is 3.59. The largest absolute Gasteiger partial charge is 0.355 e. The lowest BCUT2D eigenvalue weighted by molar-refractivity contribution is -0.121. The van der Waals surface area contributed by atoms with E-state index in [1.807, 2.05) is 18.2 Å². The van der Waals surface area contributed by atoms with Gasteiger partial charge in [0.2, 0.25) is 5.91 Å². The molecule has 1 atom stereocenters. The molecule has 1 amide bonds. The number of aromatic amines is 1. The van der Waals surface area contributed by atoms with Crippen molar-refractivity contribution in [1.82, 2.24) is 20.2 Å². The topological polar surface area (TPSA) is 78.1 Å². The molecular weight excluding hydrogens is 304 g/mol. The quantitative estimate of drug-likeness (QED) is 0.841. The Labute approximate surface area is 141 Å². The number of hydrogen-bond acceptors (Lipinski definition) is 4. The van der Waals surface area contributed by atoms with Crippen LogP contribution in [0, 0.1) is 0 Å². The number of H-pyrrole nitrogens is 1.